The van der Waals surface area contributed by atoms with Crippen LogP contribution in [0, 0.1) is 5.41 Å². The van der Waals surface area contributed by atoms with E-state index in [0.29, 0.717) is 0 Å². The second-order valence-corrected chi connectivity index (χ2v) is 4.20. The average Bonchev–Trinajstić information content (AvgIpc) is 2.39. The lowest BCUT2D eigenvalue weighted by atomic mass is 9.82. The van der Waals surface area contributed by atoms with Gasteiger partial charge in [0.05, 0.1) is 13.2 Å². The minimum atomic E-state index is -1.70. The molecule has 0 aromatic heterocycles. The van der Waals surface area contributed by atoms with Gasteiger partial charge in [0.1, 0.15) is 0 Å². The van der Waals surface area contributed by atoms with E-state index in [4.69, 9.17) is 9.47 Å². The molecule has 1 atom stereocenters. The number of carboxylic acid groups (broad SMARTS) is 1. The summed E-state index contributed by atoms with van der Waals surface area (Å²) in [4.78, 5) is 23.6. The van der Waals surface area contributed by atoms with E-state index in [2.05, 4.69) is 0 Å². The fourth-order valence-electron chi connectivity index (χ4n) is 1.87. The van der Waals surface area contributed by atoms with E-state index in [9.17, 15) is 14.7 Å². The molecule has 0 spiro atoms. The molecule has 1 rings (SSSR count). The first kappa shape index (κ1) is 15.2. The van der Waals surface area contributed by atoms with Crippen LogP contribution in [-0.2, 0) is 25.5 Å². The monoisotopic (exact) mass is 266 g/mol. The largest absolute Gasteiger partial charge is 0.480 e. The summed E-state index contributed by atoms with van der Waals surface area (Å²) in [5.74, 6) is -2.01. The van der Waals surface area contributed by atoms with Crippen LogP contribution in [0.3, 0.4) is 0 Å². The van der Waals surface area contributed by atoms with Crippen LogP contribution in [0.15, 0.2) is 30.3 Å². The zero-order valence-electron chi connectivity index (χ0n) is 11.1. The van der Waals surface area contributed by atoms with Gasteiger partial charge in [0, 0.05) is 13.5 Å². The van der Waals surface area contributed by atoms with E-state index in [1.165, 1.54) is 7.11 Å². The van der Waals surface area contributed by atoms with Gasteiger partial charge in [-0.05, 0) is 12.5 Å². The predicted octanol–water partition coefficient (Wildman–Crippen LogP) is 1.51. The molecule has 1 aromatic rings. The van der Waals surface area contributed by atoms with Gasteiger partial charge in [0.15, 0.2) is 5.41 Å². The number of carbonyl (C=O) groups is 2. The highest BCUT2D eigenvalue weighted by Crippen LogP contribution is 2.26. The van der Waals surface area contributed by atoms with Crippen molar-refractivity contribution in [3.05, 3.63) is 35.9 Å². The zero-order chi connectivity index (χ0) is 14.3. The molecule has 19 heavy (non-hydrogen) atoms. The van der Waals surface area contributed by atoms with Gasteiger partial charge < -0.3 is 14.6 Å². The van der Waals surface area contributed by atoms with Crippen LogP contribution in [0.1, 0.15) is 12.5 Å². The Balaban J connectivity index is 3.09. The van der Waals surface area contributed by atoms with Crippen molar-refractivity contribution >= 4 is 11.9 Å². The minimum absolute atomic E-state index is 0.0375. The van der Waals surface area contributed by atoms with Crippen molar-refractivity contribution in [3.63, 3.8) is 0 Å². The van der Waals surface area contributed by atoms with E-state index in [-0.39, 0.29) is 19.6 Å². The molecule has 0 amide bonds. The van der Waals surface area contributed by atoms with Crippen molar-refractivity contribution in [2.75, 3.05) is 20.3 Å². The predicted molar refractivity (Wildman–Crippen MR) is 68.7 cm³/mol. The van der Waals surface area contributed by atoms with Gasteiger partial charge in [-0.3, -0.25) is 9.59 Å². The van der Waals surface area contributed by atoms with Crippen molar-refractivity contribution in [2.45, 2.75) is 13.3 Å². The highest BCUT2D eigenvalue weighted by molar-refractivity contribution is 5.99. The van der Waals surface area contributed by atoms with Gasteiger partial charge in [0.2, 0.25) is 0 Å². The van der Waals surface area contributed by atoms with Gasteiger partial charge in [-0.1, -0.05) is 30.3 Å². The Morgan fingerprint density at radius 2 is 1.89 bits per heavy atom. The number of aliphatic carboxylic acids is 1. The summed E-state index contributed by atoms with van der Waals surface area (Å²) in [5, 5.41) is 9.43. The van der Waals surface area contributed by atoms with Crippen LogP contribution in [0.4, 0.5) is 0 Å². The fraction of sp³-hybridized carbons (Fsp3) is 0.429. The molecular weight excluding hydrogens is 248 g/mol. The number of benzene rings is 1. The molecule has 1 aromatic carbocycles. The van der Waals surface area contributed by atoms with Crippen molar-refractivity contribution in [1.82, 2.24) is 0 Å². The van der Waals surface area contributed by atoms with Gasteiger partial charge >= 0.3 is 11.9 Å². The molecule has 0 aliphatic heterocycles. The number of esters is 1. The third-order valence-electron chi connectivity index (χ3n) is 2.82. The van der Waals surface area contributed by atoms with Gasteiger partial charge in [-0.15, -0.1) is 0 Å². The molecule has 0 bridgehead atoms. The summed E-state index contributed by atoms with van der Waals surface area (Å²) < 4.78 is 9.82. The first-order valence-electron chi connectivity index (χ1n) is 6.00. The number of rotatable bonds is 7. The highest BCUT2D eigenvalue weighted by Gasteiger charge is 2.48. The molecule has 0 heterocycles. The first-order valence-corrected chi connectivity index (χ1v) is 6.00. The molecule has 0 saturated carbocycles. The molecule has 1 N–H and O–H groups in total. The Hall–Kier alpha value is -1.88. The van der Waals surface area contributed by atoms with Crippen molar-refractivity contribution in [3.8, 4) is 0 Å². The quantitative estimate of drug-likeness (QED) is 0.598. The SMILES string of the molecule is CCOC(=O)C(COC)(Cc1ccccc1)C(=O)O. The average molecular weight is 266 g/mol. The molecule has 104 valence electrons. The number of carboxylic acids is 1. The first-order chi connectivity index (χ1) is 9.06. The van der Waals surface area contributed by atoms with Crippen LogP contribution >= 0.6 is 0 Å². The topological polar surface area (TPSA) is 72.8 Å². The lowest BCUT2D eigenvalue weighted by Gasteiger charge is -2.26. The maximum absolute atomic E-state index is 12.0. The van der Waals surface area contributed by atoms with E-state index < -0.39 is 17.4 Å². The number of methoxy groups -OCH3 is 1. The molecule has 5 nitrogen and oxygen atoms in total. The maximum atomic E-state index is 12.0. The molecular formula is C14H18O5. The summed E-state index contributed by atoms with van der Waals surface area (Å²) in [5.41, 5.74) is -0.957. The molecule has 5 heteroatoms. The van der Waals surface area contributed by atoms with E-state index in [1.54, 1.807) is 31.2 Å². The minimum Gasteiger partial charge on any atom is -0.480 e. The lowest BCUT2D eigenvalue weighted by Crippen LogP contribution is -2.46. The number of carbonyl (C=O) groups excluding carboxylic acids is 1. The smallest absolute Gasteiger partial charge is 0.326 e. The van der Waals surface area contributed by atoms with Crippen molar-refractivity contribution < 1.29 is 24.2 Å². The molecule has 0 aliphatic rings. The normalized spacial score (nSPS) is 13.6. The second kappa shape index (κ2) is 6.89. The lowest BCUT2D eigenvalue weighted by molar-refractivity contribution is -0.172. The molecule has 0 aliphatic carbocycles. The Bertz CT molecular complexity index is 429. The van der Waals surface area contributed by atoms with Crippen molar-refractivity contribution in [1.29, 1.82) is 0 Å². The number of ether oxygens (including phenoxy) is 2. The van der Waals surface area contributed by atoms with Crippen molar-refractivity contribution in [2.24, 2.45) is 5.41 Å². The highest BCUT2D eigenvalue weighted by atomic mass is 16.5. The Morgan fingerprint density at radius 1 is 1.26 bits per heavy atom. The van der Waals surface area contributed by atoms with E-state index in [0.717, 1.165) is 5.56 Å². The van der Waals surface area contributed by atoms with Crippen LogP contribution < -0.4 is 0 Å². The van der Waals surface area contributed by atoms with Crippen LogP contribution in [0.25, 0.3) is 0 Å². The summed E-state index contributed by atoms with van der Waals surface area (Å²) in [6.07, 6.45) is 0.0375. The number of hydrogen-bond donors (Lipinski definition) is 1. The van der Waals surface area contributed by atoms with Crippen LogP contribution in [0.5, 0.6) is 0 Å². The molecule has 0 saturated heterocycles. The zero-order valence-corrected chi connectivity index (χ0v) is 11.1. The van der Waals surface area contributed by atoms with Gasteiger partial charge in [-0.2, -0.15) is 0 Å². The number of hydrogen-bond acceptors (Lipinski definition) is 4. The summed E-state index contributed by atoms with van der Waals surface area (Å²) >= 11 is 0. The Morgan fingerprint density at radius 3 is 2.37 bits per heavy atom. The third kappa shape index (κ3) is 3.54. The standard InChI is InChI=1S/C14H18O5/c1-3-19-13(17)14(10-18-2,12(15)16)9-11-7-5-4-6-8-11/h4-8H,3,9-10H2,1-2H3,(H,15,16). The van der Waals surface area contributed by atoms with Gasteiger partial charge in [0.25, 0.3) is 0 Å². The van der Waals surface area contributed by atoms with Gasteiger partial charge in [-0.25, -0.2) is 0 Å². The Labute approximate surface area is 112 Å². The Kier molecular flexibility index (Phi) is 5.51. The van der Waals surface area contributed by atoms with Crippen LogP contribution in [-0.4, -0.2) is 37.4 Å². The molecule has 0 radical (unpaired) electrons. The summed E-state index contributed by atoms with van der Waals surface area (Å²) in [6, 6.07) is 8.95. The van der Waals surface area contributed by atoms with E-state index >= 15 is 0 Å². The third-order valence-corrected chi connectivity index (χ3v) is 2.82. The van der Waals surface area contributed by atoms with Crippen LogP contribution in [0.2, 0.25) is 0 Å². The maximum Gasteiger partial charge on any atom is 0.326 e. The summed E-state index contributed by atoms with van der Waals surface area (Å²) in [6.45, 7) is 1.54. The molecule has 0 fully saturated rings. The second-order valence-electron chi connectivity index (χ2n) is 4.20. The molecule has 1 unspecified atom stereocenters. The fourth-order valence-corrected chi connectivity index (χ4v) is 1.87. The summed E-state index contributed by atoms with van der Waals surface area (Å²) in [7, 11) is 1.36. The van der Waals surface area contributed by atoms with E-state index in [1.807, 2.05) is 6.07 Å².